The van der Waals surface area contributed by atoms with E-state index in [0.29, 0.717) is 6.61 Å². The van der Waals surface area contributed by atoms with Crippen LogP contribution in [-0.2, 0) is 6.61 Å². The first kappa shape index (κ1) is 18.1. The zero-order valence-corrected chi connectivity index (χ0v) is 16.4. The second-order valence-electron chi connectivity index (χ2n) is 7.13. The maximum Gasteiger partial charge on any atom is 0.120 e. The van der Waals surface area contributed by atoms with Crippen LogP contribution >= 0.6 is 0 Å². The molecule has 0 N–H and O–H groups in total. The van der Waals surface area contributed by atoms with E-state index in [9.17, 15) is 0 Å². The molecule has 0 fully saturated rings. The molecule has 0 bridgehead atoms. The summed E-state index contributed by atoms with van der Waals surface area (Å²) in [6.45, 7) is 0.539. The standard InChI is InChI=1S/C27H20N2O/c1-2-9-20(10-3-1)19-30-22-12-8-11-21(17-22)18-28-29-27-25-15-6-4-13-23(25)24-14-5-7-16-26(24)27/h1-18H,19H2/b28-18+. The minimum atomic E-state index is 0.539. The first-order chi connectivity index (χ1) is 14.9. The molecule has 0 aromatic heterocycles. The van der Waals surface area contributed by atoms with Crippen molar-refractivity contribution in [2.45, 2.75) is 6.61 Å². The zero-order chi connectivity index (χ0) is 20.2. The summed E-state index contributed by atoms with van der Waals surface area (Å²) in [7, 11) is 0. The molecule has 3 heteroatoms. The molecule has 0 aliphatic heterocycles. The number of ether oxygens (including phenoxy) is 1. The summed E-state index contributed by atoms with van der Waals surface area (Å²) in [5.74, 6) is 0.812. The van der Waals surface area contributed by atoms with Crippen molar-refractivity contribution >= 4 is 11.9 Å². The smallest absolute Gasteiger partial charge is 0.120 e. The van der Waals surface area contributed by atoms with E-state index in [0.717, 1.165) is 33.7 Å². The highest BCUT2D eigenvalue weighted by Gasteiger charge is 2.23. The molecule has 3 nitrogen and oxygen atoms in total. The van der Waals surface area contributed by atoms with E-state index in [4.69, 9.17) is 4.74 Å². The average molecular weight is 388 g/mol. The molecule has 0 radical (unpaired) electrons. The molecule has 0 amide bonds. The highest BCUT2D eigenvalue weighted by atomic mass is 16.5. The lowest BCUT2D eigenvalue weighted by molar-refractivity contribution is 0.306. The van der Waals surface area contributed by atoms with Crippen LogP contribution in [0.4, 0.5) is 0 Å². The fraction of sp³-hybridized carbons (Fsp3) is 0.0370. The van der Waals surface area contributed by atoms with Gasteiger partial charge in [-0.25, -0.2) is 0 Å². The van der Waals surface area contributed by atoms with Gasteiger partial charge in [-0.05, 0) is 34.4 Å². The first-order valence-corrected chi connectivity index (χ1v) is 9.95. The third-order valence-corrected chi connectivity index (χ3v) is 5.13. The van der Waals surface area contributed by atoms with Crippen LogP contribution in [-0.4, -0.2) is 11.9 Å². The molecule has 0 saturated heterocycles. The topological polar surface area (TPSA) is 34.0 Å². The predicted molar refractivity (Wildman–Crippen MR) is 122 cm³/mol. The van der Waals surface area contributed by atoms with E-state index in [1.807, 2.05) is 54.6 Å². The van der Waals surface area contributed by atoms with Crippen molar-refractivity contribution in [2.75, 3.05) is 0 Å². The van der Waals surface area contributed by atoms with Gasteiger partial charge in [0.15, 0.2) is 0 Å². The second kappa shape index (κ2) is 8.18. The summed E-state index contributed by atoms with van der Waals surface area (Å²) in [6, 6.07) is 34.7. The van der Waals surface area contributed by atoms with Gasteiger partial charge in [0.1, 0.15) is 18.1 Å². The number of hydrogen-bond donors (Lipinski definition) is 0. The van der Waals surface area contributed by atoms with E-state index in [1.165, 1.54) is 11.1 Å². The summed E-state index contributed by atoms with van der Waals surface area (Å²) in [5, 5.41) is 8.96. The van der Waals surface area contributed by atoms with Crippen LogP contribution in [0.2, 0.25) is 0 Å². The molecular weight excluding hydrogens is 368 g/mol. The zero-order valence-electron chi connectivity index (χ0n) is 16.4. The van der Waals surface area contributed by atoms with Crippen molar-refractivity contribution in [3.63, 3.8) is 0 Å². The van der Waals surface area contributed by atoms with Crippen LogP contribution in [0.5, 0.6) is 5.75 Å². The lowest BCUT2D eigenvalue weighted by atomic mass is 10.1. The molecule has 144 valence electrons. The van der Waals surface area contributed by atoms with Crippen molar-refractivity contribution in [2.24, 2.45) is 10.2 Å². The third-order valence-electron chi connectivity index (χ3n) is 5.13. The molecule has 0 heterocycles. The monoisotopic (exact) mass is 388 g/mol. The molecule has 0 unspecified atom stereocenters. The molecule has 0 saturated carbocycles. The van der Waals surface area contributed by atoms with Crippen LogP contribution < -0.4 is 4.74 Å². The Hall–Kier alpha value is -3.98. The van der Waals surface area contributed by atoms with Gasteiger partial charge < -0.3 is 4.74 Å². The summed E-state index contributed by atoms with van der Waals surface area (Å²) >= 11 is 0. The maximum atomic E-state index is 5.91. The number of nitrogens with zero attached hydrogens (tertiary/aromatic N) is 2. The highest BCUT2D eigenvalue weighted by Crippen LogP contribution is 2.36. The SMILES string of the molecule is C(=N\N=C1c2ccccc2-c2ccccc21)/c1cccc(OCc2ccccc2)c1. The Bertz CT molecular complexity index is 1190. The fourth-order valence-corrected chi connectivity index (χ4v) is 3.68. The number of rotatable bonds is 5. The van der Waals surface area contributed by atoms with Crippen molar-refractivity contribution in [3.8, 4) is 16.9 Å². The van der Waals surface area contributed by atoms with Crippen LogP contribution in [0, 0.1) is 0 Å². The molecule has 0 spiro atoms. The van der Waals surface area contributed by atoms with E-state index in [2.05, 4.69) is 58.7 Å². The number of hydrogen-bond acceptors (Lipinski definition) is 3. The average Bonchev–Trinajstić information content (AvgIpc) is 3.13. The lowest BCUT2D eigenvalue weighted by Crippen LogP contribution is -1.97. The molecule has 1 aliphatic rings. The molecule has 1 aliphatic carbocycles. The molecule has 0 atom stereocenters. The molecule has 4 aromatic carbocycles. The van der Waals surface area contributed by atoms with Crippen molar-refractivity contribution in [3.05, 3.63) is 125 Å². The van der Waals surface area contributed by atoms with Gasteiger partial charge in [0.05, 0.1) is 6.21 Å². The molecular formula is C27H20N2O. The molecule has 5 rings (SSSR count). The van der Waals surface area contributed by atoms with Gasteiger partial charge in [-0.3, -0.25) is 0 Å². The van der Waals surface area contributed by atoms with Crippen LogP contribution in [0.1, 0.15) is 22.3 Å². The van der Waals surface area contributed by atoms with Crippen molar-refractivity contribution < 1.29 is 4.74 Å². The van der Waals surface area contributed by atoms with Crippen LogP contribution in [0.25, 0.3) is 11.1 Å². The summed E-state index contributed by atoms with van der Waals surface area (Å²) in [6.07, 6.45) is 1.77. The van der Waals surface area contributed by atoms with Gasteiger partial charge in [0, 0.05) is 11.1 Å². The quantitative estimate of drug-likeness (QED) is 0.264. The van der Waals surface area contributed by atoms with E-state index in [-0.39, 0.29) is 0 Å². The minimum absolute atomic E-state index is 0.539. The van der Waals surface area contributed by atoms with Crippen molar-refractivity contribution in [1.82, 2.24) is 0 Å². The third kappa shape index (κ3) is 3.65. The Labute approximate surface area is 176 Å². The van der Waals surface area contributed by atoms with E-state index < -0.39 is 0 Å². The van der Waals surface area contributed by atoms with Gasteiger partial charge >= 0.3 is 0 Å². The van der Waals surface area contributed by atoms with Gasteiger partial charge in [0.25, 0.3) is 0 Å². The molecule has 4 aromatic rings. The fourth-order valence-electron chi connectivity index (χ4n) is 3.68. The Morgan fingerprint density at radius 2 is 1.27 bits per heavy atom. The Morgan fingerprint density at radius 3 is 1.97 bits per heavy atom. The van der Waals surface area contributed by atoms with Crippen LogP contribution in [0.15, 0.2) is 113 Å². The van der Waals surface area contributed by atoms with E-state index >= 15 is 0 Å². The second-order valence-corrected chi connectivity index (χ2v) is 7.13. The lowest BCUT2D eigenvalue weighted by Gasteiger charge is -2.06. The number of fused-ring (bicyclic) bond motifs is 3. The van der Waals surface area contributed by atoms with Crippen LogP contribution in [0.3, 0.4) is 0 Å². The molecule has 30 heavy (non-hydrogen) atoms. The predicted octanol–water partition coefficient (Wildman–Crippen LogP) is 6.12. The summed E-state index contributed by atoms with van der Waals surface area (Å²) in [5.41, 5.74) is 7.66. The van der Waals surface area contributed by atoms with Gasteiger partial charge in [-0.2, -0.15) is 5.10 Å². The highest BCUT2D eigenvalue weighted by molar-refractivity contribution is 6.24. The van der Waals surface area contributed by atoms with E-state index in [1.54, 1.807) is 6.21 Å². The Kier molecular flexibility index (Phi) is 4.93. The van der Waals surface area contributed by atoms with Gasteiger partial charge in [0.2, 0.25) is 0 Å². The Morgan fingerprint density at radius 1 is 0.633 bits per heavy atom. The normalized spacial score (nSPS) is 11.9. The van der Waals surface area contributed by atoms with Gasteiger partial charge in [-0.1, -0.05) is 91.0 Å². The minimum Gasteiger partial charge on any atom is -0.489 e. The first-order valence-electron chi connectivity index (χ1n) is 9.95. The summed E-state index contributed by atoms with van der Waals surface area (Å²) in [4.78, 5) is 0. The van der Waals surface area contributed by atoms with Gasteiger partial charge in [-0.15, -0.1) is 5.10 Å². The largest absolute Gasteiger partial charge is 0.489 e. The Balaban J connectivity index is 1.37. The number of benzene rings is 4. The van der Waals surface area contributed by atoms with Crippen molar-refractivity contribution in [1.29, 1.82) is 0 Å². The maximum absolute atomic E-state index is 5.91. The summed E-state index contributed by atoms with van der Waals surface area (Å²) < 4.78 is 5.91.